The predicted octanol–water partition coefficient (Wildman–Crippen LogP) is 4.69. The van der Waals surface area contributed by atoms with Gasteiger partial charge in [0.25, 0.3) is 0 Å². The molecule has 0 atom stereocenters. The second-order valence-electron chi connectivity index (χ2n) is 6.47. The minimum atomic E-state index is -0.0725. The van der Waals surface area contributed by atoms with E-state index in [0.717, 1.165) is 12.8 Å². The fourth-order valence-electron chi connectivity index (χ4n) is 2.80. The molecular weight excluding hydrogens is 344 g/mol. The number of benzene rings is 1. The van der Waals surface area contributed by atoms with Gasteiger partial charge in [0.2, 0.25) is 5.91 Å². The Morgan fingerprint density at radius 2 is 1.44 bits per heavy atom. The average Bonchev–Trinajstić information content (AvgIpc) is 2.69. The lowest BCUT2D eigenvalue weighted by Crippen LogP contribution is -2.17. The van der Waals surface area contributed by atoms with E-state index in [4.69, 9.17) is 14.2 Å². The number of hydrogen-bond donors (Lipinski definition) is 1. The lowest BCUT2D eigenvalue weighted by molar-refractivity contribution is -0.121. The monoisotopic (exact) mass is 378 g/mol. The van der Waals surface area contributed by atoms with Crippen LogP contribution in [0.2, 0.25) is 0 Å². The molecule has 1 amide bonds. The van der Waals surface area contributed by atoms with Crippen LogP contribution in [0.25, 0.3) is 0 Å². The highest BCUT2D eigenvalue weighted by molar-refractivity contribution is 5.86. The molecule has 27 heavy (non-hydrogen) atoms. The summed E-state index contributed by atoms with van der Waals surface area (Å²) in [5.41, 5.74) is 3.27. The molecule has 0 saturated carbocycles. The molecule has 1 N–H and O–H groups in total. The molecule has 6 nitrogen and oxygen atoms in total. The predicted molar refractivity (Wildman–Crippen MR) is 109 cm³/mol. The first-order chi connectivity index (χ1) is 13.2. The van der Waals surface area contributed by atoms with E-state index in [9.17, 15) is 4.79 Å². The first-order valence-corrected chi connectivity index (χ1v) is 9.78. The van der Waals surface area contributed by atoms with Gasteiger partial charge in [0, 0.05) is 18.1 Å². The number of ether oxygens (including phenoxy) is 3. The summed E-state index contributed by atoms with van der Waals surface area (Å²) in [5, 5.41) is 4.03. The molecule has 0 bridgehead atoms. The molecule has 0 aliphatic rings. The molecule has 0 aliphatic carbocycles. The molecule has 152 valence electrons. The van der Waals surface area contributed by atoms with E-state index in [-0.39, 0.29) is 5.91 Å². The molecule has 1 rings (SSSR count). The zero-order valence-electron chi connectivity index (χ0n) is 17.2. The summed E-state index contributed by atoms with van der Waals surface area (Å²) in [7, 11) is 4.70. The van der Waals surface area contributed by atoms with Crippen molar-refractivity contribution in [3.63, 3.8) is 0 Å². The number of nitrogens with zero attached hydrogens (tertiary/aromatic N) is 1. The van der Waals surface area contributed by atoms with Crippen LogP contribution in [0.15, 0.2) is 17.2 Å². The van der Waals surface area contributed by atoms with Gasteiger partial charge in [-0.15, -0.1) is 0 Å². The van der Waals surface area contributed by atoms with E-state index in [1.807, 2.05) is 0 Å². The number of methoxy groups -OCH3 is 3. The third-order valence-corrected chi connectivity index (χ3v) is 4.39. The maximum Gasteiger partial charge on any atom is 0.240 e. The highest BCUT2D eigenvalue weighted by Crippen LogP contribution is 2.33. The molecule has 0 heterocycles. The second kappa shape index (κ2) is 13.9. The van der Waals surface area contributed by atoms with Crippen molar-refractivity contribution in [1.82, 2.24) is 5.43 Å². The van der Waals surface area contributed by atoms with Crippen LogP contribution in [0.3, 0.4) is 0 Å². The highest BCUT2D eigenvalue weighted by atomic mass is 16.5. The SMILES string of the molecule is CCCCCCCCCCC(=O)N/N=C/c1cc(OC)c(OC)cc1OC. The third kappa shape index (κ3) is 8.80. The van der Waals surface area contributed by atoms with Gasteiger partial charge >= 0.3 is 0 Å². The largest absolute Gasteiger partial charge is 0.496 e. The summed E-state index contributed by atoms with van der Waals surface area (Å²) in [6.07, 6.45) is 11.7. The number of rotatable bonds is 14. The van der Waals surface area contributed by atoms with Crippen molar-refractivity contribution >= 4 is 12.1 Å². The van der Waals surface area contributed by atoms with E-state index in [1.165, 1.54) is 38.5 Å². The zero-order chi connectivity index (χ0) is 19.9. The zero-order valence-corrected chi connectivity index (χ0v) is 17.2. The summed E-state index contributed by atoms with van der Waals surface area (Å²) >= 11 is 0. The third-order valence-electron chi connectivity index (χ3n) is 4.39. The van der Waals surface area contributed by atoms with Gasteiger partial charge in [-0.2, -0.15) is 5.10 Å². The fourth-order valence-corrected chi connectivity index (χ4v) is 2.80. The highest BCUT2D eigenvalue weighted by Gasteiger charge is 2.10. The van der Waals surface area contributed by atoms with Gasteiger partial charge in [-0.05, 0) is 12.5 Å². The van der Waals surface area contributed by atoms with E-state index in [2.05, 4.69) is 17.5 Å². The van der Waals surface area contributed by atoms with Gasteiger partial charge in [0.1, 0.15) is 5.75 Å². The van der Waals surface area contributed by atoms with Crippen molar-refractivity contribution in [2.45, 2.75) is 64.7 Å². The van der Waals surface area contributed by atoms with Gasteiger partial charge in [0.15, 0.2) is 11.5 Å². The van der Waals surface area contributed by atoms with Gasteiger partial charge in [-0.1, -0.05) is 51.9 Å². The van der Waals surface area contributed by atoms with Crippen LogP contribution in [-0.2, 0) is 4.79 Å². The Hall–Kier alpha value is -2.24. The van der Waals surface area contributed by atoms with Crippen LogP contribution in [0.5, 0.6) is 17.2 Å². The molecule has 0 spiro atoms. The Balaban J connectivity index is 2.37. The van der Waals surface area contributed by atoms with Gasteiger partial charge in [-0.3, -0.25) is 4.79 Å². The number of carbonyl (C=O) groups is 1. The lowest BCUT2D eigenvalue weighted by atomic mass is 10.1. The van der Waals surface area contributed by atoms with Crippen LogP contribution in [0, 0.1) is 0 Å². The minimum Gasteiger partial charge on any atom is -0.496 e. The Bertz CT molecular complexity index is 588. The average molecular weight is 379 g/mol. The van der Waals surface area contributed by atoms with Crippen molar-refractivity contribution in [3.8, 4) is 17.2 Å². The fraction of sp³-hybridized carbons (Fsp3) is 0.619. The van der Waals surface area contributed by atoms with Crippen LogP contribution < -0.4 is 19.6 Å². The van der Waals surface area contributed by atoms with Crippen molar-refractivity contribution in [3.05, 3.63) is 17.7 Å². The first-order valence-electron chi connectivity index (χ1n) is 9.78. The van der Waals surface area contributed by atoms with Crippen LogP contribution in [-0.4, -0.2) is 33.5 Å². The Morgan fingerprint density at radius 1 is 0.889 bits per heavy atom. The lowest BCUT2D eigenvalue weighted by Gasteiger charge is -2.11. The Labute approximate surface area is 163 Å². The summed E-state index contributed by atoms with van der Waals surface area (Å²) in [6.45, 7) is 2.22. The van der Waals surface area contributed by atoms with Gasteiger partial charge < -0.3 is 14.2 Å². The first kappa shape index (κ1) is 22.8. The molecular formula is C21H34N2O4. The van der Waals surface area contributed by atoms with E-state index in [1.54, 1.807) is 39.7 Å². The van der Waals surface area contributed by atoms with Gasteiger partial charge in [0.05, 0.1) is 27.5 Å². The standard InChI is InChI=1S/C21H34N2O4/c1-5-6-7-8-9-10-11-12-13-21(24)23-22-16-17-14-19(26-3)20(27-4)15-18(17)25-2/h14-16H,5-13H2,1-4H3,(H,23,24)/b22-16+. The Morgan fingerprint density at radius 3 is 2.04 bits per heavy atom. The molecule has 6 heteroatoms. The Kier molecular flexibility index (Phi) is 11.7. The van der Waals surface area contributed by atoms with Crippen LogP contribution in [0.1, 0.15) is 70.3 Å². The van der Waals surface area contributed by atoms with Crippen LogP contribution in [0.4, 0.5) is 0 Å². The van der Waals surface area contributed by atoms with Crippen molar-refractivity contribution in [2.75, 3.05) is 21.3 Å². The summed E-state index contributed by atoms with van der Waals surface area (Å²) < 4.78 is 15.9. The minimum absolute atomic E-state index is 0.0725. The van der Waals surface area contributed by atoms with Crippen LogP contribution >= 0.6 is 0 Å². The van der Waals surface area contributed by atoms with E-state index >= 15 is 0 Å². The van der Waals surface area contributed by atoms with E-state index < -0.39 is 0 Å². The smallest absolute Gasteiger partial charge is 0.240 e. The number of unbranched alkanes of at least 4 members (excludes halogenated alkanes) is 7. The maximum atomic E-state index is 11.9. The molecule has 1 aromatic rings. The topological polar surface area (TPSA) is 69.2 Å². The normalized spacial score (nSPS) is 10.8. The number of hydrogen-bond acceptors (Lipinski definition) is 5. The molecule has 0 fully saturated rings. The summed E-state index contributed by atoms with van der Waals surface area (Å²) in [4.78, 5) is 11.9. The molecule has 1 aromatic carbocycles. The van der Waals surface area contributed by atoms with Crippen molar-refractivity contribution in [1.29, 1.82) is 0 Å². The van der Waals surface area contributed by atoms with Gasteiger partial charge in [-0.25, -0.2) is 5.43 Å². The number of carbonyl (C=O) groups excluding carboxylic acids is 1. The maximum absolute atomic E-state index is 11.9. The number of amides is 1. The van der Waals surface area contributed by atoms with E-state index in [0.29, 0.717) is 29.2 Å². The number of nitrogens with one attached hydrogen (secondary N) is 1. The molecule has 0 aromatic heterocycles. The molecule has 0 radical (unpaired) electrons. The molecule has 0 saturated heterocycles. The quantitative estimate of drug-likeness (QED) is 0.290. The summed E-state index contributed by atoms with van der Waals surface area (Å²) in [5.74, 6) is 1.67. The number of hydrazone groups is 1. The summed E-state index contributed by atoms with van der Waals surface area (Å²) in [6, 6.07) is 3.48. The second-order valence-corrected chi connectivity index (χ2v) is 6.47. The van der Waals surface area contributed by atoms with Crippen molar-refractivity contribution in [2.24, 2.45) is 5.10 Å². The molecule has 0 unspecified atom stereocenters. The molecule has 0 aliphatic heterocycles. The van der Waals surface area contributed by atoms with Crippen molar-refractivity contribution < 1.29 is 19.0 Å².